The first-order valence-electron chi connectivity index (χ1n) is 8.23. The number of pyridine rings is 1. The van der Waals surface area contributed by atoms with Crippen LogP contribution in [0.3, 0.4) is 0 Å². The Morgan fingerprint density at radius 1 is 1.19 bits per heavy atom. The van der Waals surface area contributed by atoms with Gasteiger partial charge in [0, 0.05) is 12.2 Å². The third-order valence-electron chi connectivity index (χ3n) is 4.42. The fourth-order valence-corrected chi connectivity index (χ4v) is 4.56. The van der Waals surface area contributed by atoms with E-state index in [0.29, 0.717) is 29.7 Å². The van der Waals surface area contributed by atoms with Crippen LogP contribution in [0, 0.1) is 6.92 Å². The Hall–Kier alpha value is -2.65. The highest BCUT2D eigenvalue weighted by atomic mass is 32.2. The van der Waals surface area contributed by atoms with Gasteiger partial charge in [-0.1, -0.05) is 0 Å². The van der Waals surface area contributed by atoms with E-state index < -0.39 is 10.0 Å². The molecule has 1 aliphatic rings. The van der Waals surface area contributed by atoms with Crippen LogP contribution in [-0.2, 0) is 10.0 Å². The van der Waals surface area contributed by atoms with Gasteiger partial charge in [-0.25, -0.2) is 13.2 Å². The van der Waals surface area contributed by atoms with E-state index >= 15 is 0 Å². The minimum atomic E-state index is -3.65. The van der Waals surface area contributed by atoms with Gasteiger partial charge < -0.3 is 14.7 Å². The zero-order chi connectivity index (χ0) is 18.3. The molecule has 4 rings (SSSR count). The van der Waals surface area contributed by atoms with Gasteiger partial charge in [-0.3, -0.25) is 4.98 Å². The second kappa shape index (κ2) is 6.26. The molecular formula is C17H18N4O4S. The standard InChI is InChI=1S/C17H18N4O4S/c1-11-2-3-12(9-18-11)25-13-6-7-21(10-13)26(23,24)14-4-5-15-16(8-14)20-17(22)19-15/h2-5,8-9,13H,6-7,10H2,1H3,(H2,19,20,22)/t13-/m1/s1. The van der Waals surface area contributed by atoms with E-state index in [-0.39, 0.29) is 23.2 Å². The quantitative estimate of drug-likeness (QED) is 0.718. The number of aromatic amines is 2. The average molecular weight is 374 g/mol. The second-order valence-electron chi connectivity index (χ2n) is 6.31. The van der Waals surface area contributed by atoms with Crippen LogP contribution in [-0.4, -0.2) is 46.9 Å². The molecule has 0 amide bonds. The highest BCUT2D eigenvalue weighted by Gasteiger charge is 2.33. The second-order valence-corrected chi connectivity index (χ2v) is 8.25. The number of imidazole rings is 1. The summed E-state index contributed by atoms with van der Waals surface area (Å²) in [4.78, 5) is 20.9. The highest BCUT2D eigenvalue weighted by Crippen LogP contribution is 2.25. The van der Waals surface area contributed by atoms with Crippen molar-refractivity contribution in [3.63, 3.8) is 0 Å². The summed E-state index contributed by atoms with van der Waals surface area (Å²) >= 11 is 0. The molecule has 9 heteroatoms. The maximum Gasteiger partial charge on any atom is 0.323 e. The number of nitrogens with one attached hydrogen (secondary N) is 2. The van der Waals surface area contributed by atoms with E-state index in [1.165, 1.54) is 16.4 Å². The number of ether oxygens (including phenoxy) is 1. The first-order chi connectivity index (χ1) is 12.4. The minimum absolute atomic E-state index is 0.151. The van der Waals surface area contributed by atoms with Crippen LogP contribution in [0.2, 0.25) is 0 Å². The topological polar surface area (TPSA) is 108 Å². The molecule has 136 valence electrons. The summed E-state index contributed by atoms with van der Waals surface area (Å²) in [6, 6.07) is 8.24. The van der Waals surface area contributed by atoms with E-state index in [2.05, 4.69) is 15.0 Å². The van der Waals surface area contributed by atoms with E-state index in [4.69, 9.17) is 4.74 Å². The van der Waals surface area contributed by atoms with E-state index in [1.54, 1.807) is 12.3 Å². The molecule has 0 saturated carbocycles. The third-order valence-corrected chi connectivity index (χ3v) is 6.28. The summed E-state index contributed by atoms with van der Waals surface area (Å²) in [5.41, 5.74) is 1.57. The molecule has 8 nitrogen and oxygen atoms in total. The lowest BCUT2D eigenvalue weighted by molar-refractivity contribution is 0.214. The summed E-state index contributed by atoms with van der Waals surface area (Å²) in [5, 5.41) is 0. The molecule has 2 N–H and O–H groups in total. The third kappa shape index (κ3) is 3.11. The van der Waals surface area contributed by atoms with Crippen LogP contribution in [0.1, 0.15) is 12.1 Å². The first kappa shape index (κ1) is 16.8. The van der Waals surface area contributed by atoms with Crippen molar-refractivity contribution in [2.24, 2.45) is 0 Å². The van der Waals surface area contributed by atoms with Crippen molar-refractivity contribution in [3.8, 4) is 5.75 Å². The first-order valence-corrected chi connectivity index (χ1v) is 9.67. The molecule has 1 saturated heterocycles. The molecule has 1 aromatic carbocycles. The largest absolute Gasteiger partial charge is 0.487 e. The fraction of sp³-hybridized carbons (Fsp3) is 0.294. The van der Waals surface area contributed by atoms with Gasteiger partial charge in [0.1, 0.15) is 11.9 Å². The average Bonchev–Trinajstić information content (AvgIpc) is 3.22. The maximum atomic E-state index is 12.9. The van der Waals surface area contributed by atoms with Crippen LogP contribution in [0.4, 0.5) is 0 Å². The molecule has 2 aromatic heterocycles. The number of aromatic nitrogens is 3. The molecule has 1 aliphatic heterocycles. The Labute approximate surface area is 149 Å². The van der Waals surface area contributed by atoms with Crippen molar-refractivity contribution in [2.75, 3.05) is 13.1 Å². The zero-order valence-electron chi connectivity index (χ0n) is 14.1. The monoisotopic (exact) mass is 374 g/mol. The van der Waals surface area contributed by atoms with Gasteiger partial charge in [0.25, 0.3) is 0 Å². The van der Waals surface area contributed by atoms with Gasteiger partial charge >= 0.3 is 5.69 Å². The van der Waals surface area contributed by atoms with Crippen LogP contribution < -0.4 is 10.4 Å². The van der Waals surface area contributed by atoms with Crippen molar-refractivity contribution >= 4 is 21.1 Å². The molecule has 3 aromatic rings. The lowest BCUT2D eigenvalue weighted by atomic mass is 10.3. The molecule has 0 radical (unpaired) electrons. The summed E-state index contributed by atoms with van der Waals surface area (Å²) in [7, 11) is -3.65. The molecule has 0 unspecified atom stereocenters. The fourth-order valence-electron chi connectivity index (χ4n) is 3.05. The molecule has 0 spiro atoms. The summed E-state index contributed by atoms with van der Waals surface area (Å²) < 4.78 is 33.0. The highest BCUT2D eigenvalue weighted by molar-refractivity contribution is 7.89. The van der Waals surface area contributed by atoms with Crippen LogP contribution >= 0.6 is 0 Å². The maximum absolute atomic E-state index is 12.9. The van der Waals surface area contributed by atoms with Crippen LogP contribution in [0.5, 0.6) is 5.75 Å². The number of fused-ring (bicyclic) bond motifs is 1. The lowest BCUT2D eigenvalue weighted by Gasteiger charge is -2.17. The summed E-state index contributed by atoms with van der Waals surface area (Å²) in [5.74, 6) is 0.631. The van der Waals surface area contributed by atoms with Crippen molar-refractivity contribution in [3.05, 3.63) is 52.7 Å². The Morgan fingerprint density at radius 3 is 2.77 bits per heavy atom. The number of nitrogens with zero attached hydrogens (tertiary/aromatic N) is 2. The zero-order valence-corrected chi connectivity index (χ0v) is 14.9. The number of rotatable bonds is 4. The molecule has 0 aliphatic carbocycles. The van der Waals surface area contributed by atoms with Crippen LogP contribution in [0.15, 0.2) is 46.2 Å². The number of sulfonamides is 1. The molecule has 1 fully saturated rings. The van der Waals surface area contributed by atoms with Crippen LogP contribution in [0.25, 0.3) is 11.0 Å². The van der Waals surface area contributed by atoms with Gasteiger partial charge in [0.05, 0.1) is 28.7 Å². The van der Waals surface area contributed by atoms with E-state index in [1.807, 2.05) is 19.1 Å². The Kier molecular flexibility index (Phi) is 4.04. The number of aryl methyl sites for hydroxylation is 1. The van der Waals surface area contributed by atoms with Crippen molar-refractivity contribution < 1.29 is 13.2 Å². The predicted octanol–water partition coefficient (Wildman–Crippen LogP) is 1.40. The predicted molar refractivity (Wildman–Crippen MR) is 95.7 cm³/mol. The van der Waals surface area contributed by atoms with Gasteiger partial charge in [-0.05, 0) is 43.7 Å². The number of hydrogen-bond donors (Lipinski definition) is 2. The molecule has 3 heterocycles. The smallest absolute Gasteiger partial charge is 0.323 e. The van der Waals surface area contributed by atoms with Gasteiger partial charge in [-0.15, -0.1) is 0 Å². The van der Waals surface area contributed by atoms with Gasteiger partial charge in [0.15, 0.2) is 0 Å². The number of benzene rings is 1. The van der Waals surface area contributed by atoms with Crippen molar-refractivity contribution in [1.29, 1.82) is 0 Å². The minimum Gasteiger partial charge on any atom is -0.487 e. The van der Waals surface area contributed by atoms with Gasteiger partial charge in [0.2, 0.25) is 10.0 Å². The molecule has 0 bridgehead atoms. The summed E-state index contributed by atoms with van der Waals surface area (Å²) in [6.07, 6.45) is 2.03. The molecule has 26 heavy (non-hydrogen) atoms. The number of hydrogen-bond acceptors (Lipinski definition) is 5. The van der Waals surface area contributed by atoms with Crippen molar-refractivity contribution in [1.82, 2.24) is 19.3 Å². The molecular weight excluding hydrogens is 356 g/mol. The van der Waals surface area contributed by atoms with E-state index in [9.17, 15) is 13.2 Å². The Morgan fingerprint density at radius 2 is 2.00 bits per heavy atom. The SMILES string of the molecule is Cc1ccc(O[C@@H]2CCN(S(=O)(=O)c3ccc4[nH]c(=O)[nH]c4c3)C2)cn1. The Balaban J connectivity index is 1.52. The number of H-pyrrole nitrogens is 2. The Bertz CT molecular complexity index is 1100. The normalized spacial score (nSPS) is 18.4. The molecule has 1 atom stereocenters. The van der Waals surface area contributed by atoms with Gasteiger partial charge in [-0.2, -0.15) is 4.31 Å². The van der Waals surface area contributed by atoms with Crippen molar-refractivity contribution in [2.45, 2.75) is 24.3 Å². The van der Waals surface area contributed by atoms with E-state index in [0.717, 1.165) is 5.69 Å². The summed E-state index contributed by atoms with van der Waals surface area (Å²) in [6.45, 7) is 2.55. The lowest BCUT2D eigenvalue weighted by Crippen LogP contribution is -2.31.